The topological polar surface area (TPSA) is 127 Å². The summed E-state index contributed by atoms with van der Waals surface area (Å²) in [6.07, 6.45) is -0.586. The number of methoxy groups -OCH3 is 3. The average Bonchev–Trinajstić information content (AvgIpc) is 3.69. The van der Waals surface area contributed by atoms with Crippen LogP contribution in [0.5, 0.6) is 17.2 Å². The minimum Gasteiger partial charge on any atom is -0.497 e. The number of carbonyl (C=O) groups excluding carboxylic acids is 3. The number of amides is 3. The maximum Gasteiger partial charge on any atom is 0.264 e. The van der Waals surface area contributed by atoms with Crippen molar-refractivity contribution in [3.05, 3.63) is 144 Å². The second-order valence-electron chi connectivity index (χ2n) is 16.0. The number of nitrogens with one attached hydrogen (secondary N) is 1. The molecule has 0 saturated carbocycles. The molecule has 11 nitrogen and oxygen atoms in total. The first-order chi connectivity index (χ1) is 28.9. The Bertz CT molecular complexity index is 2300. The summed E-state index contributed by atoms with van der Waals surface area (Å²) in [4.78, 5) is 46.2. The molecule has 2 aliphatic heterocycles. The highest BCUT2D eigenvalue weighted by Crippen LogP contribution is 2.60. The number of aliphatic hydroxyl groups excluding tert-OH is 1. The third-order valence-corrected chi connectivity index (χ3v) is 16.6. The van der Waals surface area contributed by atoms with Gasteiger partial charge in [-0.25, -0.2) is 0 Å². The lowest BCUT2D eigenvalue weighted by Crippen LogP contribution is -2.52. The fourth-order valence-electron chi connectivity index (χ4n) is 9.12. The minimum atomic E-state index is -2.56. The Morgan fingerprint density at radius 1 is 0.817 bits per heavy atom. The summed E-state index contributed by atoms with van der Waals surface area (Å²) in [5.74, 6) is 1.05. The second-order valence-corrected chi connectivity index (χ2v) is 20.7. The van der Waals surface area contributed by atoms with E-state index in [1.165, 1.54) is 0 Å². The first-order valence-electron chi connectivity index (χ1n) is 20.2. The van der Waals surface area contributed by atoms with Gasteiger partial charge in [0.15, 0.2) is 5.60 Å². The molecule has 1 fully saturated rings. The minimum absolute atomic E-state index is 0.0342. The zero-order valence-corrected chi connectivity index (χ0v) is 36.0. The molecule has 3 amide bonds. The summed E-state index contributed by atoms with van der Waals surface area (Å²) in [6.45, 7) is 7.23. The van der Waals surface area contributed by atoms with Crippen molar-refractivity contribution in [1.29, 1.82) is 0 Å². The van der Waals surface area contributed by atoms with E-state index in [9.17, 15) is 14.7 Å². The Morgan fingerprint density at radius 2 is 1.43 bits per heavy atom. The number of fused-ring (bicyclic) bond motifs is 2. The van der Waals surface area contributed by atoms with Crippen LogP contribution in [0.25, 0.3) is 0 Å². The molecule has 60 heavy (non-hydrogen) atoms. The molecule has 1 saturated heterocycles. The van der Waals surface area contributed by atoms with Crippen molar-refractivity contribution in [2.45, 2.75) is 56.8 Å². The highest BCUT2D eigenvalue weighted by atomic mass is 28.3. The van der Waals surface area contributed by atoms with Gasteiger partial charge < -0.3 is 39.2 Å². The van der Waals surface area contributed by atoms with E-state index in [1.54, 1.807) is 55.4 Å². The van der Waals surface area contributed by atoms with E-state index in [1.807, 2.05) is 84.9 Å². The van der Waals surface area contributed by atoms with Crippen LogP contribution in [0.1, 0.15) is 40.4 Å². The van der Waals surface area contributed by atoms with E-state index >= 15 is 4.79 Å². The highest BCUT2D eigenvalue weighted by molar-refractivity contribution is 6.91. The molecule has 2 heterocycles. The summed E-state index contributed by atoms with van der Waals surface area (Å²) < 4.78 is 23.7. The Morgan fingerprint density at radius 3 is 2.05 bits per heavy atom. The summed E-state index contributed by atoms with van der Waals surface area (Å²) in [6, 6.07) is 37.8. The molecule has 0 radical (unpaired) electrons. The summed E-state index contributed by atoms with van der Waals surface area (Å²) in [7, 11) is 2.26. The number of benzene rings is 5. The van der Waals surface area contributed by atoms with Crippen molar-refractivity contribution in [1.82, 2.24) is 4.90 Å². The quantitative estimate of drug-likeness (QED) is 0.107. The van der Waals surface area contributed by atoms with Crippen molar-refractivity contribution in [3.63, 3.8) is 0 Å². The molecule has 2 aliphatic rings. The molecule has 12 heteroatoms. The van der Waals surface area contributed by atoms with E-state index in [0.29, 0.717) is 40.5 Å². The Labute approximate surface area is 352 Å². The van der Waals surface area contributed by atoms with Crippen LogP contribution in [0.4, 0.5) is 11.4 Å². The van der Waals surface area contributed by atoms with E-state index in [-0.39, 0.29) is 55.3 Å². The van der Waals surface area contributed by atoms with Crippen molar-refractivity contribution < 1.29 is 38.4 Å². The van der Waals surface area contributed by atoms with Gasteiger partial charge >= 0.3 is 0 Å². The van der Waals surface area contributed by atoms with Gasteiger partial charge in [0.2, 0.25) is 5.91 Å². The monoisotopic (exact) mass is 827 g/mol. The summed E-state index contributed by atoms with van der Waals surface area (Å²) in [5, 5.41) is 14.2. The Hall–Kier alpha value is -5.95. The fraction of sp³-hybridized carbons (Fsp3) is 0.312. The molecule has 5 aromatic carbocycles. The first kappa shape index (κ1) is 42.2. The summed E-state index contributed by atoms with van der Waals surface area (Å²) >= 11 is 0. The molecule has 0 unspecified atom stereocenters. The lowest BCUT2D eigenvalue weighted by molar-refractivity contribution is -0.150. The van der Waals surface area contributed by atoms with Gasteiger partial charge in [-0.2, -0.15) is 0 Å². The molecule has 5 aromatic rings. The number of hydrogen-bond acceptors (Lipinski definition) is 8. The van der Waals surface area contributed by atoms with E-state index < -0.39 is 19.8 Å². The van der Waals surface area contributed by atoms with Crippen LogP contribution in [0.3, 0.4) is 0 Å². The average molecular weight is 828 g/mol. The molecule has 4 atom stereocenters. The van der Waals surface area contributed by atoms with E-state index in [2.05, 4.69) is 37.5 Å². The molecule has 0 bridgehead atoms. The largest absolute Gasteiger partial charge is 0.497 e. The molecule has 2 N–H and O–H groups in total. The molecular weight excluding hydrogens is 775 g/mol. The van der Waals surface area contributed by atoms with Gasteiger partial charge in [-0.1, -0.05) is 79.8 Å². The molecular formula is C48H53N3O8Si. The van der Waals surface area contributed by atoms with Crippen LogP contribution in [0, 0.1) is 5.92 Å². The maximum absolute atomic E-state index is 15.4. The lowest BCUT2D eigenvalue weighted by atomic mass is 9.82. The van der Waals surface area contributed by atoms with E-state index in [4.69, 9.17) is 18.9 Å². The maximum atomic E-state index is 15.4. The van der Waals surface area contributed by atoms with Crippen LogP contribution in [0.2, 0.25) is 18.6 Å². The number of anilines is 2. The number of nitrogens with zero attached hydrogens (tertiary/aromatic N) is 2. The van der Waals surface area contributed by atoms with Gasteiger partial charge in [-0.05, 0) is 83.4 Å². The second kappa shape index (κ2) is 17.7. The zero-order chi connectivity index (χ0) is 42.6. The van der Waals surface area contributed by atoms with Gasteiger partial charge in [0.25, 0.3) is 11.8 Å². The zero-order valence-electron chi connectivity index (χ0n) is 35.0. The number of ether oxygens (including phenoxy) is 4. The highest BCUT2D eigenvalue weighted by Gasteiger charge is 2.66. The van der Waals surface area contributed by atoms with Gasteiger partial charge in [0.1, 0.15) is 17.2 Å². The SMILES string of the molecule is COc1ccc(C(=O)Nc2ccc(CN3C(=O)[C@]4(O[C@H](CC(=O)N(CCO)Cc5ccccc5)[C@@H]([Si](C)(C)c5ccc(OC)cc5)[C@@H]4C)c4cc(OC)ccc43)cc2)cc1. The van der Waals surface area contributed by atoms with E-state index in [0.717, 1.165) is 22.1 Å². The third-order valence-electron chi connectivity index (χ3n) is 12.3. The molecule has 312 valence electrons. The first-order valence-corrected chi connectivity index (χ1v) is 23.3. The molecule has 7 rings (SSSR count). The predicted octanol–water partition coefficient (Wildman–Crippen LogP) is 7.14. The van der Waals surface area contributed by atoms with Crippen molar-refractivity contribution in [2.75, 3.05) is 44.7 Å². The number of aliphatic hydroxyl groups is 1. The predicted molar refractivity (Wildman–Crippen MR) is 235 cm³/mol. The van der Waals surface area contributed by atoms with Crippen LogP contribution in [-0.4, -0.2) is 76.4 Å². The van der Waals surface area contributed by atoms with Gasteiger partial charge in [0.05, 0.1) is 60.8 Å². The Balaban J connectivity index is 1.22. The number of hydrogen-bond donors (Lipinski definition) is 2. The van der Waals surface area contributed by atoms with Crippen LogP contribution in [-0.2, 0) is 33.0 Å². The summed E-state index contributed by atoms with van der Waals surface area (Å²) in [5.41, 5.74) is 2.75. The van der Waals surface area contributed by atoms with Crippen LogP contribution >= 0.6 is 0 Å². The van der Waals surface area contributed by atoms with Crippen molar-refractivity contribution >= 4 is 42.4 Å². The lowest BCUT2D eigenvalue weighted by Gasteiger charge is -2.37. The van der Waals surface area contributed by atoms with Crippen LogP contribution < -0.4 is 29.6 Å². The number of rotatable bonds is 15. The van der Waals surface area contributed by atoms with Crippen molar-refractivity contribution in [2.24, 2.45) is 5.92 Å². The molecule has 0 aromatic heterocycles. The van der Waals surface area contributed by atoms with Crippen LogP contribution in [0.15, 0.2) is 121 Å². The Kier molecular flexibility index (Phi) is 12.5. The molecule has 1 spiro atoms. The standard InChI is InChI=1S/C48H53N3O8Si/c1-32-45(60(5,6)40-23-20-38(57-3)21-24-40)43(29-44(53)50(26-27-52)30-33-10-8-7-9-11-33)59-48(32)41-28-39(58-4)22-25-42(41)51(47(48)55)31-34-12-16-36(17-13-34)49-46(54)35-14-18-37(56-2)19-15-35/h7-25,28,32,43,45,52H,26-27,29-31H2,1-6H3,(H,49,54)/t32-,43+,45-,48+/m0/s1. The van der Waals surface area contributed by atoms with Gasteiger partial charge in [-0.3, -0.25) is 14.4 Å². The smallest absolute Gasteiger partial charge is 0.264 e. The van der Waals surface area contributed by atoms with Gasteiger partial charge in [-0.15, -0.1) is 0 Å². The van der Waals surface area contributed by atoms with Crippen molar-refractivity contribution in [3.8, 4) is 17.2 Å². The van der Waals surface area contributed by atoms with Gasteiger partial charge in [0, 0.05) is 35.8 Å². The molecule has 0 aliphatic carbocycles. The normalized spacial score (nSPS) is 19.6. The number of carbonyl (C=O) groups is 3. The third kappa shape index (κ3) is 8.14. The fourth-order valence-corrected chi connectivity index (χ4v) is 13.1.